The highest BCUT2D eigenvalue weighted by Gasteiger charge is 2.20. The third kappa shape index (κ3) is 63.9. The van der Waals surface area contributed by atoms with Crippen LogP contribution >= 0.6 is 0 Å². The SMILES string of the molecule is CCCCCCCCCCCCCCCCCCCCCCCCCCCC(O)C(CO)NC(=O)CCCCCCCCCCCCCCCCCCCCCCCCOC(=O)CCCCCCCCCCCCCCC. The molecule has 0 aliphatic rings. The van der Waals surface area contributed by atoms with Crippen molar-refractivity contribution in [3.63, 3.8) is 0 Å². The molecule has 0 rings (SSSR count). The molecule has 0 saturated carbocycles. The second-order valence-electron chi connectivity index (χ2n) is 24.9. The summed E-state index contributed by atoms with van der Waals surface area (Å²) in [5.74, 6) is -0.0126. The van der Waals surface area contributed by atoms with Crippen LogP contribution < -0.4 is 5.32 Å². The molecule has 0 aromatic rings. The van der Waals surface area contributed by atoms with Crippen molar-refractivity contribution in [2.24, 2.45) is 0 Å². The monoisotopic (exact) mass is 1090 g/mol. The first-order valence-electron chi connectivity index (χ1n) is 35.8. The van der Waals surface area contributed by atoms with E-state index in [9.17, 15) is 19.8 Å². The van der Waals surface area contributed by atoms with Crippen molar-refractivity contribution in [3.05, 3.63) is 0 Å². The Bertz CT molecular complexity index is 1120. The van der Waals surface area contributed by atoms with Gasteiger partial charge in [0, 0.05) is 12.8 Å². The van der Waals surface area contributed by atoms with Gasteiger partial charge in [-0.3, -0.25) is 9.59 Å². The van der Waals surface area contributed by atoms with Crippen LogP contribution in [0.1, 0.15) is 418 Å². The molecule has 0 aromatic carbocycles. The number of unbranched alkanes of at least 4 members (excludes halogenated alkanes) is 57. The van der Waals surface area contributed by atoms with E-state index in [2.05, 4.69) is 19.2 Å². The lowest BCUT2D eigenvalue weighted by Crippen LogP contribution is -2.45. The number of rotatable bonds is 68. The van der Waals surface area contributed by atoms with Gasteiger partial charge in [0.1, 0.15) is 0 Å². The Hall–Kier alpha value is -1.14. The number of hydrogen-bond acceptors (Lipinski definition) is 5. The van der Waals surface area contributed by atoms with Crippen LogP contribution in [0.2, 0.25) is 0 Å². The standard InChI is InChI=1S/C71H141NO5/c1-3-5-7-9-11-13-15-17-18-19-20-21-22-23-24-27-30-33-36-40-43-47-51-55-59-63-69(74)68(67-73)72-70(75)64-60-56-52-48-44-41-37-34-31-28-25-26-29-32-35-38-42-46-50-54-58-62-66-77-71(76)65-61-57-53-49-45-39-16-14-12-10-8-6-4-2/h68-69,73-74H,3-67H2,1-2H3,(H,72,75). The van der Waals surface area contributed by atoms with Crippen molar-refractivity contribution in [1.29, 1.82) is 0 Å². The molecule has 6 heteroatoms. The van der Waals surface area contributed by atoms with Gasteiger partial charge in [0.15, 0.2) is 0 Å². The minimum absolute atomic E-state index is 0.0165. The van der Waals surface area contributed by atoms with Gasteiger partial charge in [0.05, 0.1) is 25.4 Å². The number of esters is 1. The highest BCUT2D eigenvalue weighted by molar-refractivity contribution is 5.76. The number of carbonyl (C=O) groups is 2. The van der Waals surface area contributed by atoms with Crippen LogP contribution in [0.5, 0.6) is 0 Å². The summed E-state index contributed by atoms with van der Waals surface area (Å²) in [4.78, 5) is 24.6. The van der Waals surface area contributed by atoms with Crippen molar-refractivity contribution in [2.45, 2.75) is 431 Å². The van der Waals surface area contributed by atoms with Gasteiger partial charge in [-0.05, 0) is 25.7 Å². The van der Waals surface area contributed by atoms with E-state index in [1.54, 1.807) is 0 Å². The highest BCUT2D eigenvalue weighted by Crippen LogP contribution is 2.20. The zero-order chi connectivity index (χ0) is 55.7. The second-order valence-corrected chi connectivity index (χ2v) is 24.9. The average Bonchev–Trinajstić information content (AvgIpc) is 3.43. The van der Waals surface area contributed by atoms with Crippen LogP contribution in [0, 0.1) is 0 Å². The molecule has 0 spiro atoms. The van der Waals surface area contributed by atoms with Gasteiger partial charge in [-0.15, -0.1) is 0 Å². The molecule has 460 valence electrons. The fourth-order valence-electron chi connectivity index (χ4n) is 11.7. The van der Waals surface area contributed by atoms with Crippen LogP contribution in [-0.2, 0) is 14.3 Å². The van der Waals surface area contributed by atoms with Crippen molar-refractivity contribution >= 4 is 11.9 Å². The molecule has 77 heavy (non-hydrogen) atoms. The first-order chi connectivity index (χ1) is 38.0. The molecule has 0 bridgehead atoms. The number of nitrogens with one attached hydrogen (secondary N) is 1. The fraction of sp³-hybridized carbons (Fsp3) is 0.972. The van der Waals surface area contributed by atoms with Gasteiger partial charge >= 0.3 is 5.97 Å². The molecule has 0 aliphatic carbocycles. The molecule has 3 N–H and O–H groups in total. The smallest absolute Gasteiger partial charge is 0.305 e. The molecular formula is C71H141NO5. The van der Waals surface area contributed by atoms with Crippen LogP contribution in [0.15, 0.2) is 0 Å². The number of amides is 1. The van der Waals surface area contributed by atoms with Crippen LogP contribution in [0.4, 0.5) is 0 Å². The van der Waals surface area contributed by atoms with Gasteiger partial charge in [0.25, 0.3) is 0 Å². The number of ether oxygens (including phenoxy) is 1. The van der Waals surface area contributed by atoms with E-state index in [4.69, 9.17) is 4.74 Å². The molecule has 0 heterocycles. The molecular weight excluding hydrogens is 947 g/mol. The van der Waals surface area contributed by atoms with Crippen LogP contribution in [-0.4, -0.2) is 47.4 Å². The van der Waals surface area contributed by atoms with Crippen molar-refractivity contribution < 1.29 is 24.5 Å². The molecule has 0 fully saturated rings. The lowest BCUT2D eigenvalue weighted by Gasteiger charge is -2.22. The number of hydrogen-bond donors (Lipinski definition) is 3. The number of aliphatic hydroxyl groups is 2. The van der Waals surface area contributed by atoms with Gasteiger partial charge < -0.3 is 20.3 Å². The second kappa shape index (κ2) is 67.4. The summed E-state index contributed by atoms with van der Waals surface area (Å²) in [6.07, 6.45) is 81.5. The van der Waals surface area contributed by atoms with Gasteiger partial charge in [-0.2, -0.15) is 0 Å². The van der Waals surface area contributed by atoms with Crippen molar-refractivity contribution in [1.82, 2.24) is 5.32 Å². The Morgan fingerprint density at radius 3 is 0.792 bits per heavy atom. The summed E-state index contributed by atoms with van der Waals surface area (Å²) in [7, 11) is 0. The predicted molar refractivity (Wildman–Crippen MR) is 338 cm³/mol. The highest BCUT2D eigenvalue weighted by atomic mass is 16.5. The summed E-state index contributed by atoms with van der Waals surface area (Å²) < 4.78 is 5.49. The Labute approximate surface area is 483 Å². The zero-order valence-corrected chi connectivity index (χ0v) is 52.7. The van der Waals surface area contributed by atoms with Gasteiger partial charge in [-0.1, -0.05) is 380 Å². The topological polar surface area (TPSA) is 95.9 Å². The Morgan fingerprint density at radius 1 is 0.312 bits per heavy atom. The summed E-state index contributed by atoms with van der Waals surface area (Å²) in [5, 5.41) is 23.5. The van der Waals surface area contributed by atoms with E-state index in [1.807, 2.05) is 0 Å². The third-order valence-corrected chi connectivity index (χ3v) is 17.2. The van der Waals surface area contributed by atoms with E-state index < -0.39 is 12.1 Å². The summed E-state index contributed by atoms with van der Waals surface area (Å²) in [6.45, 7) is 5.00. The maximum Gasteiger partial charge on any atom is 0.305 e. The molecule has 1 amide bonds. The maximum atomic E-state index is 12.6. The van der Waals surface area contributed by atoms with Crippen molar-refractivity contribution in [3.8, 4) is 0 Å². The van der Waals surface area contributed by atoms with E-state index >= 15 is 0 Å². The molecule has 2 atom stereocenters. The molecule has 2 unspecified atom stereocenters. The zero-order valence-electron chi connectivity index (χ0n) is 52.7. The molecule has 0 aromatic heterocycles. The maximum absolute atomic E-state index is 12.6. The minimum Gasteiger partial charge on any atom is -0.466 e. The van der Waals surface area contributed by atoms with Crippen LogP contribution in [0.25, 0.3) is 0 Å². The van der Waals surface area contributed by atoms with Gasteiger partial charge in [0.2, 0.25) is 5.91 Å². The Balaban J connectivity index is 3.37. The summed E-state index contributed by atoms with van der Waals surface area (Å²) in [5.41, 5.74) is 0. The normalized spacial score (nSPS) is 12.4. The minimum atomic E-state index is -0.665. The van der Waals surface area contributed by atoms with Gasteiger partial charge in [-0.25, -0.2) is 0 Å². The first kappa shape index (κ1) is 75.9. The molecule has 0 radical (unpaired) electrons. The third-order valence-electron chi connectivity index (χ3n) is 17.2. The first-order valence-corrected chi connectivity index (χ1v) is 35.8. The summed E-state index contributed by atoms with van der Waals surface area (Å²) in [6, 6.07) is -0.542. The van der Waals surface area contributed by atoms with E-state index in [-0.39, 0.29) is 18.5 Å². The Kier molecular flexibility index (Phi) is 66.4. The van der Waals surface area contributed by atoms with Crippen molar-refractivity contribution in [2.75, 3.05) is 13.2 Å². The molecule has 0 aliphatic heterocycles. The molecule has 0 saturated heterocycles. The van der Waals surface area contributed by atoms with E-state index in [1.165, 1.54) is 347 Å². The Morgan fingerprint density at radius 2 is 0.532 bits per heavy atom. The number of aliphatic hydroxyl groups excluding tert-OH is 2. The number of carbonyl (C=O) groups excluding carboxylic acids is 2. The lowest BCUT2D eigenvalue weighted by atomic mass is 10.0. The fourth-order valence-corrected chi connectivity index (χ4v) is 11.7. The average molecular weight is 1090 g/mol. The summed E-state index contributed by atoms with van der Waals surface area (Å²) >= 11 is 0. The predicted octanol–water partition coefficient (Wildman–Crippen LogP) is 23.0. The quantitative estimate of drug-likeness (QED) is 0.0417. The lowest BCUT2D eigenvalue weighted by molar-refractivity contribution is -0.143. The van der Waals surface area contributed by atoms with Crippen LogP contribution in [0.3, 0.4) is 0 Å². The largest absolute Gasteiger partial charge is 0.466 e. The molecule has 6 nitrogen and oxygen atoms in total. The van der Waals surface area contributed by atoms with E-state index in [0.29, 0.717) is 25.9 Å². The van der Waals surface area contributed by atoms with E-state index in [0.717, 1.165) is 38.5 Å².